The van der Waals surface area contributed by atoms with E-state index in [1.165, 1.54) is 4.90 Å². The third-order valence-corrected chi connectivity index (χ3v) is 4.50. The third kappa shape index (κ3) is 2.99. The summed E-state index contributed by atoms with van der Waals surface area (Å²) in [6.07, 6.45) is 1.92. The zero-order valence-electron chi connectivity index (χ0n) is 12.8. The summed E-state index contributed by atoms with van der Waals surface area (Å²) >= 11 is 0. The molecule has 0 saturated carbocycles. The van der Waals surface area contributed by atoms with Crippen molar-refractivity contribution >= 4 is 11.8 Å². The molecule has 0 aromatic carbocycles. The van der Waals surface area contributed by atoms with Crippen LogP contribution in [-0.4, -0.2) is 69.2 Å². The predicted molar refractivity (Wildman–Crippen MR) is 78.9 cm³/mol. The van der Waals surface area contributed by atoms with E-state index in [0.29, 0.717) is 26.1 Å². The van der Waals surface area contributed by atoms with Gasteiger partial charge in [-0.25, -0.2) is 0 Å². The Bertz CT molecular complexity index is 565. The number of rotatable bonds is 2. The van der Waals surface area contributed by atoms with Crippen molar-refractivity contribution in [3.05, 3.63) is 17.5 Å². The Morgan fingerprint density at radius 3 is 2.59 bits per heavy atom. The van der Waals surface area contributed by atoms with Gasteiger partial charge in [0, 0.05) is 37.8 Å². The quantitative estimate of drug-likeness (QED) is 0.734. The number of aliphatic hydroxyl groups is 1. The van der Waals surface area contributed by atoms with E-state index in [0.717, 1.165) is 24.2 Å². The smallest absolute Gasteiger partial charge is 0.312 e. The predicted octanol–water partition coefficient (Wildman–Crippen LogP) is -0.298. The fourth-order valence-corrected chi connectivity index (χ4v) is 3.26. The fourth-order valence-electron chi connectivity index (χ4n) is 3.26. The van der Waals surface area contributed by atoms with Crippen LogP contribution in [0.2, 0.25) is 0 Å². The van der Waals surface area contributed by atoms with Crippen molar-refractivity contribution in [1.29, 1.82) is 0 Å². The van der Waals surface area contributed by atoms with Gasteiger partial charge in [-0.2, -0.15) is 5.10 Å². The van der Waals surface area contributed by atoms with E-state index < -0.39 is 17.9 Å². The van der Waals surface area contributed by atoms with Crippen LogP contribution in [0.1, 0.15) is 24.2 Å². The van der Waals surface area contributed by atoms with Crippen LogP contribution in [0.3, 0.4) is 0 Å². The second kappa shape index (κ2) is 6.08. The van der Waals surface area contributed by atoms with E-state index in [1.807, 2.05) is 13.0 Å². The summed E-state index contributed by atoms with van der Waals surface area (Å²) in [6.45, 7) is 3.89. The van der Waals surface area contributed by atoms with Gasteiger partial charge in [0.1, 0.15) is 0 Å². The van der Waals surface area contributed by atoms with Crippen LogP contribution in [0.5, 0.6) is 0 Å². The summed E-state index contributed by atoms with van der Waals surface area (Å²) in [5, 5.41) is 17.2. The van der Waals surface area contributed by atoms with Crippen LogP contribution in [0.15, 0.2) is 6.07 Å². The molecule has 2 atom stereocenters. The first-order valence-corrected chi connectivity index (χ1v) is 7.81. The Morgan fingerprint density at radius 2 is 1.95 bits per heavy atom. The highest BCUT2D eigenvalue weighted by Gasteiger charge is 2.38. The van der Waals surface area contributed by atoms with Crippen molar-refractivity contribution < 1.29 is 14.7 Å². The lowest BCUT2D eigenvalue weighted by Gasteiger charge is -2.20. The van der Waals surface area contributed by atoms with E-state index in [4.69, 9.17) is 0 Å². The highest BCUT2D eigenvalue weighted by molar-refractivity contribution is 6.35. The van der Waals surface area contributed by atoms with Gasteiger partial charge in [0.05, 0.1) is 11.8 Å². The van der Waals surface area contributed by atoms with Gasteiger partial charge in [-0.3, -0.25) is 14.7 Å². The Morgan fingerprint density at radius 1 is 1.27 bits per heavy atom. The Labute approximate surface area is 129 Å². The molecule has 3 rings (SSSR count). The zero-order valence-corrected chi connectivity index (χ0v) is 12.8. The van der Waals surface area contributed by atoms with Gasteiger partial charge >= 0.3 is 11.8 Å². The monoisotopic (exact) mass is 306 g/mol. The maximum atomic E-state index is 12.3. The van der Waals surface area contributed by atoms with Crippen LogP contribution >= 0.6 is 0 Å². The first-order chi connectivity index (χ1) is 10.5. The first-order valence-electron chi connectivity index (χ1n) is 7.81. The molecule has 22 heavy (non-hydrogen) atoms. The Balaban J connectivity index is 1.59. The number of carbonyl (C=O) groups excluding carboxylic acids is 2. The topological polar surface area (TPSA) is 89.5 Å². The molecule has 2 saturated heterocycles. The number of amides is 2. The number of H-pyrrole nitrogens is 1. The average molecular weight is 306 g/mol. The molecule has 2 N–H and O–H groups in total. The van der Waals surface area contributed by atoms with E-state index in [2.05, 4.69) is 10.2 Å². The van der Waals surface area contributed by atoms with E-state index in [-0.39, 0.29) is 12.5 Å². The fraction of sp³-hybridized carbons (Fsp3) is 0.667. The van der Waals surface area contributed by atoms with Crippen LogP contribution in [0, 0.1) is 12.8 Å². The van der Waals surface area contributed by atoms with E-state index in [9.17, 15) is 14.7 Å². The lowest BCUT2D eigenvalue weighted by atomic mass is 10.0. The normalized spacial score (nSPS) is 25.0. The van der Waals surface area contributed by atoms with Gasteiger partial charge < -0.3 is 14.9 Å². The number of hydrogen-bond donors (Lipinski definition) is 2. The lowest BCUT2D eigenvalue weighted by Crippen LogP contribution is -2.43. The number of β-amino-alcohol motifs (C(OH)–C–C–N with tert-alkyl or cyclic N) is 1. The van der Waals surface area contributed by atoms with Gasteiger partial charge in [-0.1, -0.05) is 0 Å². The number of aryl methyl sites for hydroxylation is 1. The molecule has 0 spiro atoms. The third-order valence-electron chi connectivity index (χ3n) is 4.50. The molecule has 0 bridgehead atoms. The zero-order chi connectivity index (χ0) is 15.7. The van der Waals surface area contributed by atoms with Crippen molar-refractivity contribution in [3.63, 3.8) is 0 Å². The number of hydrogen-bond acceptors (Lipinski definition) is 4. The maximum Gasteiger partial charge on any atom is 0.312 e. The van der Waals surface area contributed by atoms with Crippen molar-refractivity contribution in [2.24, 2.45) is 5.92 Å². The second-order valence-electron chi connectivity index (χ2n) is 6.28. The van der Waals surface area contributed by atoms with Crippen LogP contribution in [-0.2, 0) is 16.0 Å². The molecule has 0 unspecified atom stereocenters. The van der Waals surface area contributed by atoms with Crippen LogP contribution < -0.4 is 0 Å². The summed E-state index contributed by atoms with van der Waals surface area (Å²) in [4.78, 5) is 27.5. The molecule has 7 nitrogen and oxygen atoms in total. The second-order valence-corrected chi connectivity index (χ2v) is 6.28. The van der Waals surface area contributed by atoms with E-state index in [1.54, 1.807) is 4.90 Å². The first kappa shape index (κ1) is 15.0. The number of nitrogens with zero attached hydrogens (tertiary/aromatic N) is 3. The molecule has 2 aliphatic heterocycles. The minimum Gasteiger partial charge on any atom is -0.391 e. The molecule has 0 radical (unpaired) electrons. The van der Waals surface area contributed by atoms with Gasteiger partial charge in [-0.05, 0) is 32.3 Å². The van der Waals surface area contributed by atoms with Gasteiger partial charge in [-0.15, -0.1) is 0 Å². The minimum atomic E-state index is -0.604. The van der Waals surface area contributed by atoms with Gasteiger partial charge in [0.15, 0.2) is 0 Å². The molecule has 0 aliphatic carbocycles. The standard InChI is InChI=1S/C15H22N4O3/c1-10-6-12(17-16-10)7-11-8-19(9-13(11)20)15(22)14(21)18-4-2-3-5-18/h6,11,13,20H,2-5,7-9H2,1H3,(H,16,17)/t11-,13-/m1/s1. The van der Waals surface area contributed by atoms with Crippen molar-refractivity contribution in [2.75, 3.05) is 26.2 Å². The van der Waals surface area contributed by atoms with Gasteiger partial charge in [0.2, 0.25) is 0 Å². The Kier molecular flexibility index (Phi) is 4.15. The molecule has 7 heteroatoms. The summed E-state index contributed by atoms with van der Waals surface area (Å²) in [7, 11) is 0. The summed E-state index contributed by atoms with van der Waals surface area (Å²) in [6, 6.07) is 1.94. The molecule has 1 aromatic heterocycles. The number of aromatic amines is 1. The highest BCUT2D eigenvalue weighted by atomic mass is 16.3. The molecule has 2 aliphatic rings. The molecule has 2 amide bonds. The van der Waals surface area contributed by atoms with Crippen molar-refractivity contribution in [1.82, 2.24) is 20.0 Å². The summed E-state index contributed by atoms with van der Waals surface area (Å²) < 4.78 is 0. The summed E-state index contributed by atoms with van der Waals surface area (Å²) in [5.41, 5.74) is 1.85. The lowest BCUT2D eigenvalue weighted by molar-refractivity contribution is -0.150. The number of carbonyl (C=O) groups is 2. The molecule has 120 valence electrons. The van der Waals surface area contributed by atoms with E-state index >= 15 is 0 Å². The van der Waals surface area contributed by atoms with Crippen molar-refractivity contribution in [2.45, 2.75) is 32.3 Å². The minimum absolute atomic E-state index is 0.0713. The number of aromatic nitrogens is 2. The number of aliphatic hydroxyl groups excluding tert-OH is 1. The highest BCUT2D eigenvalue weighted by Crippen LogP contribution is 2.22. The van der Waals surface area contributed by atoms with Crippen LogP contribution in [0.25, 0.3) is 0 Å². The molecule has 2 fully saturated rings. The largest absolute Gasteiger partial charge is 0.391 e. The van der Waals surface area contributed by atoms with Crippen molar-refractivity contribution in [3.8, 4) is 0 Å². The molecular weight excluding hydrogens is 284 g/mol. The number of nitrogens with one attached hydrogen (secondary N) is 1. The molecule has 3 heterocycles. The maximum absolute atomic E-state index is 12.3. The molecular formula is C15H22N4O3. The SMILES string of the molecule is Cc1cc(C[C@@H]2CN(C(=O)C(=O)N3CCCC3)C[C@H]2O)n[nH]1. The van der Waals surface area contributed by atoms with Crippen LogP contribution in [0.4, 0.5) is 0 Å². The average Bonchev–Trinajstić information content (AvgIpc) is 3.21. The van der Waals surface area contributed by atoms with Gasteiger partial charge in [0.25, 0.3) is 0 Å². The molecule has 1 aromatic rings. The Hall–Kier alpha value is -1.89. The number of likely N-dealkylation sites (tertiary alicyclic amines) is 2. The summed E-state index contributed by atoms with van der Waals surface area (Å²) in [5.74, 6) is -0.986.